The smallest absolute Gasteiger partial charge is 0.323 e. The summed E-state index contributed by atoms with van der Waals surface area (Å²) in [6.45, 7) is 4.51. The molecule has 0 aliphatic carbocycles. The summed E-state index contributed by atoms with van der Waals surface area (Å²) < 4.78 is 6.75. The topological polar surface area (TPSA) is 55.6 Å². The van der Waals surface area contributed by atoms with Crippen LogP contribution in [0.2, 0.25) is 0 Å². The minimum Gasteiger partial charge on any atom is -0.468 e. The highest BCUT2D eigenvalue weighted by molar-refractivity contribution is 5.75. The molecule has 0 saturated heterocycles. The number of carbonyl (C=O) groups excluding carboxylic acids is 1. The van der Waals surface area contributed by atoms with E-state index in [-0.39, 0.29) is 17.9 Å². The molecule has 0 saturated carbocycles. The number of rotatable bonds is 5. The first-order valence-electron chi connectivity index (χ1n) is 6.35. The van der Waals surface area contributed by atoms with E-state index in [1.54, 1.807) is 0 Å². The maximum atomic E-state index is 11.6. The molecular weight excluding hydrogens is 242 g/mol. The van der Waals surface area contributed by atoms with Crippen molar-refractivity contribution in [2.45, 2.75) is 26.4 Å². The van der Waals surface area contributed by atoms with Crippen LogP contribution < -0.4 is 5.32 Å². The zero-order valence-electron chi connectivity index (χ0n) is 11.5. The van der Waals surface area contributed by atoms with E-state index in [1.165, 1.54) is 7.11 Å². The van der Waals surface area contributed by atoms with Gasteiger partial charge in [-0.25, -0.2) is 4.98 Å². The molecule has 0 aromatic carbocycles. The Balaban J connectivity index is 2.06. The third-order valence-electron chi connectivity index (χ3n) is 3.04. The number of nitrogens with zero attached hydrogens (tertiary/aromatic N) is 2. The Morgan fingerprint density at radius 3 is 2.89 bits per heavy atom. The highest BCUT2D eigenvalue weighted by Gasteiger charge is 2.22. The predicted octanol–water partition coefficient (Wildman–Crippen LogP) is 1.62. The molecule has 2 rings (SSSR count). The van der Waals surface area contributed by atoms with Crippen LogP contribution in [0.1, 0.15) is 19.5 Å². The van der Waals surface area contributed by atoms with E-state index in [2.05, 4.69) is 10.3 Å². The van der Waals surface area contributed by atoms with Gasteiger partial charge in [0.2, 0.25) is 0 Å². The largest absolute Gasteiger partial charge is 0.468 e. The number of nitrogens with one attached hydrogen (secondary N) is 1. The molecule has 5 nitrogen and oxygen atoms in total. The van der Waals surface area contributed by atoms with Crippen LogP contribution in [0.15, 0.2) is 30.6 Å². The van der Waals surface area contributed by atoms with Crippen LogP contribution in [0, 0.1) is 5.92 Å². The van der Waals surface area contributed by atoms with Crippen molar-refractivity contribution in [3.63, 3.8) is 0 Å². The molecule has 0 amide bonds. The van der Waals surface area contributed by atoms with Gasteiger partial charge in [0.15, 0.2) is 0 Å². The lowest BCUT2D eigenvalue weighted by Gasteiger charge is -2.19. The molecule has 0 fully saturated rings. The van der Waals surface area contributed by atoms with Crippen molar-refractivity contribution in [1.82, 2.24) is 14.7 Å². The van der Waals surface area contributed by atoms with E-state index in [0.29, 0.717) is 6.54 Å². The van der Waals surface area contributed by atoms with E-state index in [0.717, 1.165) is 11.3 Å². The van der Waals surface area contributed by atoms with Gasteiger partial charge in [-0.15, -0.1) is 0 Å². The fraction of sp³-hybridized carbons (Fsp3) is 0.429. The molecule has 1 N–H and O–H groups in total. The molecule has 5 heteroatoms. The Hall–Kier alpha value is -1.88. The third-order valence-corrected chi connectivity index (χ3v) is 3.04. The van der Waals surface area contributed by atoms with Gasteiger partial charge in [0.25, 0.3) is 0 Å². The van der Waals surface area contributed by atoms with E-state index in [1.807, 2.05) is 48.8 Å². The lowest BCUT2D eigenvalue weighted by molar-refractivity contribution is -0.144. The van der Waals surface area contributed by atoms with Crippen molar-refractivity contribution < 1.29 is 9.53 Å². The molecular formula is C14H19N3O2. The van der Waals surface area contributed by atoms with Crippen molar-refractivity contribution in [3.8, 4) is 0 Å². The SMILES string of the molecule is COC(=O)[C@@H](NCc1cn2ccccc2n1)C(C)C. The second-order valence-electron chi connectivity index (χ2n) is 4.82. The van der Waals surface area contributed by atoms with Gasteiger partial charge < -0.3 is 9.14 Å². The van der Waals surface area contributed by atoms with E-state index in [4.69, 9.17) is 4.74 Å². The summed E-state index contributed by atoms with van der Waals surface area (Å²) in [4.78, 5) is 16.1. The monoisotopic (exact) mass is 261 g/mol. The van der Waals surface area contributed by atoms with Crippen LogP contribution in [0.5, 0.6) is 0 Å². The first-order chi connectivity index (χ1) is 9.11. The van der Waals surface area contributed by atoms with E-state index in [9.17, 15) is 4.79 Å². The third kappa shape index (κ3) is 3.12. The summed E-state index contributed by atoms with van der Waals surface area (Å²) in [6.07, 6.45) is 3.91. The van der Waals surface area contributed by atoms with Gasteiger partial charge in [0.05, 0.1) is 12.8 Å². The lowest BCUT2D eigenvalue weighted by Crippen LogP contribution is -2.41. The van der Waals surface area contributed by atoms with Crippen molar-refractivity contribution in [2.75, 3.05) is 7.11 Å². The fourth-order valence-electron chi connectivity index (χ4n) is 2.01. The van der Waals surface area contributed by atoms with Gasteiger partial charge >= 0.3 is 5.97 Å². The van der Waals surface area contributed by atoms with Gasteiger partial charge in [-0.2, -0.15) is 0 Å². The normalized spacial score (nSPS) is 12.8. The second-order valence-corrected chi connectivity index (χ2v) is 4.82. The van der Waals surface area contributed by atoms with Gasteiger partial charge in [0, 0.05) is 18.9 Å². The van der Waals surface area contributed by atoms with Gasteiger partial charge in [-0.05, 0) is 18.1 Å². The number of aromatic nitrogens is 2. The Morgan fingerprint density at radius 1 is 1.47 bits per heavy atom. The minimum absolute atomic E-state index is 0.171. The highest BCUT2D eigenvalue weighted by Crippen LogP contribution is 2.07. The van der Waals surface area contributed by atoms with Crippen molar-refractivity contribution in [3.05, 3.63) is 36.3 Å². The molecule has 0 aliphatic rings. The van der Waals surface area contributed by atoms with Crippen LogP contribution in [0.3, 0.4) is 0 Å². The fourth-order valence-corrected chi connectivity index (χ4v) is 2.01. The molecule has 102 valence electrons. The van der Waals surface area contributed by atoms with Crippen LogP contribution >= 0.6 is 0 Å². The molecule has 0 bridgehead atoms. The molecule has 19 heavy (non-hydrogen) atoms. The zero-order valence-corrected chi connectivity index (χ0v) is 11.5. The molecule has 0 unspecified atom stereocenters. The number of hydrogen-bond acceptors (Lipinski definition) is 4. The number of esters is 1. The number of fused-ring (bicyclic) bond motifs is 1. The molecule has 0 radical (unpaired) electrons. The van der Waals surface area contributed by atoms with E-state index >= 15 is 0 Å². The number of pyridine rings is 1. The molecule has 2 aromatic heterocycles. The first kappa shape index (κ1) is 13.5. The summed E-state index contributed by atoms with van der Waals surface area (Å²) in [6, 6.07) is 5.54. The average Bonchev–Trinajstić information content (AvgIpc) is 2.80. The first-order valence-corrected chi connectivity index (χ1v) is 6.35. The molecule has 2 aromatic rings. The Bertz CT molecular complexity index is 530. The Kier molecular flexibility index (Phi) is 4.16. The summed E-state index contributed by atoms with van der Waals surface area (Å²) in [7, 11) is 1.41. The molecule has 0 aliphatic heterocycles. The summed E-state index contributed by atoms with van der Waals surface area (Å²) >= 11 is 0. The summed E-state index contributed by atoms with van der Waals surface area (Å²) in [5.41, 5.74) is 1.80. The maximum Gasteiger partial charge on any atom is 0.323 e. The molecule has 2 heterocycles. The van der Waals surface area contributed by atoms with Crippen LogP contribution in [-0.4, -0.2) is 28.5 Å². The number of methoxy groups -OCH3 is 1. The van der Waals surface area contributed by atoms with Crippen LogP contribution in [-0.2, 0) is 16.1 Å². The van der Waals surface area contributed by atoms with Gasteiger partial charge in [-0.3, -0.25) is 10.1 Å². The van der Waals surface area contributed by atoms with Gasteiger partial charge in [0.1, 0.15) is 11.7 Å². The summed E-state index contributed by atoms with van der Waals surface area (Å²) in [5.74, 6) is -0.0664. The second kappa shape index (κ2) is 5.84. The minimum atomic E-state index is -0.310. The zero-order chi connectivity index (χ0) is 13.8. The quantitative estimate of drug-likeness (QED) is 0.831. The van der Waals surface area contributed by atoms with Gasteiger partial charge in [-0.1, -0.05) is 19.9 Å². The molecule has 0 spiro atoms. The van der Waals surface area contributed by atoms with Crippen molar-refractivity contribution in [1.29, 1.82) is 0 Å². The number of hydrogen-bond donors (Lipinski definition) is 1. The lowest BCUT2D eigenvalue weighted by atomic mass is 10.0. The van der Waals surface area contributed by atoms with Crippen LogP contribution in [0.4, 0.5) is 0 Å². The summed E-state index contributed by atoms with van der Waals surface area (Å²) in [5, 5.41) is 3.20. The number of imidazole rings is 1. The number of ether oxygens (including phenoxy) is 1. The Morgan fingerprint density at radius 2 is 2.26 bits per heavy atom. The van der Waals surface area contributed by atoms with E-state index < -0.39 is 0 Å². The Labute approximate surface area is 112 Å². The van der Waals surface area contributed by atoms with Crippen molar-refractivity contribution in [2.24, 2.45) is 5.92 Å². The highest BCUT2D eigenvalue weighted by atomic mass is 16.5. The number of carbonyl (C=O) groups is 1. The predicted molar refractivity (Wildman–Crippen MR) is 72.7 cm³/mol. The average molecular weight is 261 g/mol. The molecule has 1 atom stereocenters. The standard InChI is InChI=1S/C14H19N3O2/c1-10(2)13(14(18)19-3)15-8-11-9-17-7-5-4-6-12(17)16-11/h4-7,9-10,13,15H,8H2,1-3H3/t13-/m0/s1. The van der Waals surface area contributed by atoms with Crippen molar-refractivity contribution >= 4 is 11.6 Å². The maximum absolute atomic E-state index is 11.6. The van der Waals surface area contributed by atoms with Crippen LogP contribution in [0.25, 0.3) is 5.65 Å².